The third kappa shape index (κ3) is 16.0. The number of rotatable bonds is 22. The van der Waals surface area contributed by atoms with E-state index in [9.17, 15) is 19.2 Å². The first kappa shape index (κ1) is 33.1. The first-order valence-electron chi connectivity index (χ1n) is 14.2. The van der Waals surface area contributed by atoms with Gasteiger partial charge in [0.25, 0.3) is 5.91 Å². The van der Waals surface area contributed by atoms with Crippen LogP contribution in [0.1, 0.15) is 126 Å². The fourth-order valence-corrected chi connectivity index (χ4v) is 4.32. The highest BCUT2D eigenvalue weighted by atomic mass is 16.5. The normalized spacial score (nSPS) is 12.5. The Kier molecular flexibility index (Phi) is 17.4. The molecule has 38 heavy (non-hydrogen) atoms. The zero-order valence-corrected chi connectivity index (χ0v) is 23.2. The van der Waals surface area contributed by atoms with E-state index in [1.165, 1.54) is 57.4 Å². The van der Waals surface area contributed by atoms with Gasteiger partial charge in [-0.3, -0.25) is 14.4 Å². The zero-order valence-electron chi connectivity index (χ0n) is 23.2. The van der Waals surface area contributed by atoms with Gasteiger partial charge in [-0.05, 0) is 44.7 Å². The van der Waals surface area contributed by atoms with E-state index in [1.807, 2.05) is 0 Å². The van der Waals surface area contributed by atoms with Gasteiger partial charge < -0.3 is 20.9 Å². The van der Waals surface area contributed by atoms with Crippen LogP contribution in [0.15, 0.2) is 18.2 Å². The summed E-state index contributed by atoms with van der Waals surface area (Å²) in [5.41, 5.74) is 6.18. The first-order valence-corrected chi connectivity index (χ1v) is 14.2. The molecule has 9 nitrogen and oxygen atoms in total. The molecule has 0 aliphatic heterocycles. The molecule has 0 fully saturated rings. The highest BCUT2D eigenvalue weighted by Crippen LogP contribution is 2.16. The first-order chi connectivity index (χ1) is 18.2. The number of nitrogens with zero attached hydrogens (tertiary/aromatic N) is 1. The van der Waals surface area contributed by atoms with Crippen molar-refractivity contribution in [2.75, 3.05) is 0 Å². The van der Waals surface area contributed by atoms with Crippen molar-refractivity contribution >= 4 is 23.8 Å². The van der Waals surface area contributed by atoms with E-state index >= 15 is 0 Å². The van der Waals surface area contributed by atoms with Crippen molar-refractivity contribution in [3.63, 3.8) is 0 Å². The number of nitrogens with two attached hydrogens (primary N) is 1. The maximum absolute atomic E-state index is 13.0. The van der Waals surface area contributed by atoms with Gasteiger partial charge in [0.1, 0.15) is 17.8 Å². The number of hydrogen-bond donors (Lipinski definition) is 3. The third-order valence-electron chi connectivity index (χ3n) is 6.44. The van der Waals surface area contributed by atoms with Crippen molar-refractivity contribution in [3.8, 4) is 0 Å². The molecule has 214 valence electrons. The number of carboxylic acids is 1. The Morgan fingerprint density at radius 2 is 1.53 bits per heavy atom. The molecule has 0 saturated carbocycles. The van der Waals surface area contributed by atoms with E-state index in [0.29, 0.717) is 12.1 Å². The summed E-state index contributed by atoms with van der Waals surface area (Å²) >= 11 is 0. The molecule has 0 radical (unpaired) electrons. The van der Waals surface area contributed by atoms with Crippen molar-refractivity contribution < 1.29 is 29.0 Å². The molecule has 1 rings (SSSR count). The van der Waals surface area contributed by atoms with Gasteiger partial charge in [-0.1, -0.05) is 77.2 Å². The van der Waals surface area contributed by atoms with Crippen LogP contribution in [0.25, 0.3) is 0 Å². The molecule has 0 spiro atoms. The Morgan fingerprint density at radius 3 is 2.08 bits per heavy atom. The second-order valence-electron chi connectivity index (χ2n) is 10.0. The smallest absolute Gasteiger partial charge is 0.328 e. The summed E-state index contributed by atoms with van der Waals surface area (Å²) in [4.78, 5) is 52.4. The summed E-state index contributed by atoms with van der Waals surface area (Å²) in [7, 11) is 0. The van der Waals surface area contributed by atoms with Gasteiger partial charge in [-0.2, -0.15) is 0 Å². The summed E-state index contributed by atoms with van der Waals surface area (Å²) in [6.07, 6.45) is 12.8. The Bertz CT molecular complexity index is 860. The molecule has 1 aromatic rings. The lowest BCUT2D eigenvalue weighted by Gasteiger charge is -2.22. The quantitative estimate of drug-likeness (QED) is 0.136. The molecule has 0 aliphatic carbocycles. The molecule has 0 aromatic carbocycles. The minimum Gasteiger partial charge on any atom is -0.481 e. The minimum atomic E-state index is -1.06. The molecule has 0 saturated heterocycles. The molecular formula is C29H47N3O6. The van der Waals surface area contributed by atoms with Crippen LogP contribution in [-0.2, 0) is 19.1 Å². The summed E-state index contributed by atoms with van der Waals surface area (Å²) in [6.45, 7) is 3.97. The number of carbonyl (C=O) groups excluding carboxylic acids is 3. The van der Waals surface area contributed by atoms with Crippen LogP contribution in [0.3, 0.4) is 0 Å². The van der Waals surface area contributed by atoms with Crippen molar-refractivity contribution in [1.29, 1.82) is 0 Å². The van der Waals surface area contributed by atoms with Gasteiger partial charge in [-0.25, -0.2) is 9.78 Å². The summed E-state index contributed by atoms with van der Waals surface area (Å²) in [6, 6.07) is 3.91. The summed E-state index contributed by atoms with van der Waals surface area (Å²) < 4.78 is 5.61. The number of nitrogens with one attached hydrogen (secondary N) is 1. The van der Waals surface area contributed by atoms with E-state index in [1.54, 1.807) is 19.1 Å². The predicted molar refractivity (Wildman–Crippen MR) is 146 cm³/mol. The van der Waals surface area contributed by atoms with E-state index in [2.05, 4.69) is 17.2 Å². The van der Waals surface area contributed by atoms with E-state index in [4.69, 9.17) is 15.6 Å². The van der Waals surface area contributed by atoms with Gasteiger partial charge in [-0.15, -0.1) is 0 Å². The number of esters is 1. The number of primary amides is 1. The van der Waals surface area contributed by atoms with Crippen molar-refractivity contribution in [3.05, 3.63) is 29.6 Å². The van der Waals surface area contributed by atoms with Crippen LogP contribution in [0, 0.1) is 6.92 Å². The molecule has 1 heterocycles. The molecule has 4 N–H and O–H groups in total. The average Bonchev–Trinajstić information content (AvgIpc) is 2.85. The highest BCUT2D eigenvalue weighted by molar-refractivity contribution is 5.95. The summed E-state index contributed by atoms with van der Waals surface area (Å²) in [5, 5.41) is 11.6. The van der Waals surface area contributed by atoms with E-state index < -0.39 is 35.9 Å². The molecule has 2 atom stereocenters. The van der Waals surface area contributed by atoms with E-state index in [-0.39, 0.29) is 31.4 Å². The maximum atomic E-state index is 13.0. The van der Waals surface area contributed by atoms with Gasteiger partial charge in [0.2, 0.25) is 5.91 Å². The molecule has 0 aliphatic rings. The van der Waals surface area contributed by atoms with Crippen LogP contribution in [0.4, 0.5) is 0 Å². The molecule has 2 amide bonds. The third-order valence-corrected chi connectivity index (χ3v) is 6.44. The lowest BCUT2D eigenvalue weighted by Crippen LogP contribution is -2.43. The number of carboxylic acid groups (broad SMARTS) is 1. The zero-order chi connectivity index (χ0) is 28.2. The standard InChI is InChI=1S/C29H47N3O6/c1-3-4-5-6-7-8-9-10-11-12-13-17-23(21-26(30)33)38-29(37)25(19-15-20-27(34)35)32-28(36)24-18-14-16-22(2)31-24/h14,16,18,23,25H,3-13,15,17,19-21H2,1-2H3,(H2,30,33)(H,32,36)(H,34,35)/t23-,25-/m0/s1. The number of ether oxygens (including phenoxy) is 1. The van der Waals surface area contributed by atoms with Crippen LogP contribution in [-0.4, -0.2) is 46.0 Å². The van der Waals surface area contributed by atoms with Crippen LogP contribution < -0.4 is 11.1 Å². The second kappa shape index (κ2) is 20.1. The molecule has 9 heteroatoms. The van der Waals surface area contributed by atoms with Gasteiger partial charge >= 0.3 is 11.9 Å². The number of aliphatic carboxylic acids is 1. The fraction of sp³-hybridized carbons (Fsp3) is 0.690. The SMILES string of the molecule is CCCCCCCCCCCCC[C@@H](CC(N)=O)OC(=O)[C@H](CCCC(=O)O)NC(=O)c1cccc(C)n1. The van der Waals surface area contributed by atoms with Crippen LogP contribution in [0.5, 0.6) is 0 Å². The van der Waals surface area contributed by atoms with Crippen LogP contribution in [0.2, 0.25) is 0 Å². The number of pyridine rings is 1. The minimum absolute atomic E-state index is 0.0877. The highest BCUT2D eigenvalue weighted by Gasteiger charge is 2.27. The number of carbonyl (C=O) groups is 4. The van der Waals surface area contributed by atoms with Crippen LogP contribution >= 0.6 is 0 Å². The fourth-order valence-electron chi connectivity index (χ4n) is 4.32. The molecule has 1 aromatic heterocycles. The lowest BCUT2D eigenvalue weighted by atomic mass is 10.0. The maximum Gasteiger partial charge on any atom is 0.328 e. The number of unbranched alkanes of at least 4 members (excludes halogenated alkanes) is 10. The monoisotopic (exact) mass is 533 g/mol. The Hall–Kier alpha value is -2.97. The molecule has 0 bridgehead atoms. The largest absolute Gasteiger partial charge is 0.481 e. The number of aromatic nitrogens is 1. The Balaban J connectivity index is 2.58. The van der Waals surface area contributed by atoms with Crippen molar-refractivity contribution in [2.45, 2.75) is 129 Å². The topological polar surface area (TPSA) is 149 Å². The van der Waals surface area contributed by atoms with Crippen molar-refractivity contribution in [1.82, 2.24) is 10.3 Å². The molecular weight excluding hydrogens is 486 g/mol. The van der Waals surface area contributed by atoms with Gasteiger partial charge in [0.05, 0.1) is 6.42 Å². The number of hydrogen-bond acceptors (Lipinski definition) is 6. The summed E-state index contributed by atoms with van der Waals surface area (Å²) in [5.74, 6) is -2.82. The van der Waals surface area contributed by atoms with Crippen molar-refractivity contribution in [2.24, 2.45) is 5.73 Å². The predicted octanol–water partition coefficient (Wildman–Crippen LogP) is 5.23. The number of aryl methyl sites for hydroxylation is 1. The van der Waals surface area contributed by atoms with Gasteiger partial charge in [0.15, 0.2) is 0 Å². The Morgan fingerprint density at radius 1 is 0.921 bits per heavy atom. The second-order valence-corrected chi connectivity index (χ2v) is 10.0. The van der Waals surface area contributed by atoms with E-state index in [0.717, 1.165) is 19.3 Å². The number of amides is 2. The molecule has 0 unspecified atom stereocenters. The Labute approximate surface area is 227 Å². The van der Waals surface area contributed by atoms with Gasteiger partial charge in [0, 0.05) is 12.1 Å². The lowest BCUT2D eigenvalue weighted by molar-refractivity contribution is -0.153. The average molecular weight is 534 g/mol.